The Kier molecular flexibility index (Phi) is 4.33. The van der Waals surface area contributed by atoms with E-state index in [4.69, 9.17) is 0 Å². The van der Waals surface area contributed by atoms with Gasteiger partial charge in [-0.05, 0) is 37.1 Å². The Morgan fingerprint density at radius 2 is 1.56 bits per heavy atom. The summed E-state index contributed by atoms with van der Waals surface area (Å²) in [6.07, 6.45) is -0.582. The fourth-order valence-corrected chi connectivity index (χ4v) is 5.01. The van der Waals surface area contributed by atoms with Crippen molar-refractivity contribution in [2.45, 2.75) is 38.8 Å². The number of carbonyl (C=O) groups excluding carboxylic acids is 1. The molecule has 132 valence electrons. The molecule has 0 aromatic heterocycles. The van der Waals surface area contributed by atoms with Crippen molar-refractivity contribution in [1.82, 2.24) is 0 Å². The third-order valence-electron chi connectivity index (χ3n) is 4.40. The highest BCUT2D eigenvalue weighted by Gasteiger charge is 2.45. The lowest BCUT2D eigenvalue weighted by Crippen LogP contribution is -2.51. The number of fused-ring (bicyclic) bond motifs is 1. The molecule has 6 heteroatoms. The lowest BCUT2D eigenvalue weighted by molar-refractivity contribution is -0.117. The molecule has 3 rings (SSSR count). The Morgan fingerprint density at radius 1 is 1.00 bits per heavy atom. The van der Waals surface area contributed by atoms with Gasteiger partial charge in [-0.25, -0.2) is 12.7 Å². The summed E-state index contributed by atoms with van der Waals surface area (Å²) in [7, 11) is -3.79. The quantitative estimate of drug-likeness (QED) is 0.843. The van der Waals surface area contributed by atoms with E-state index in [0.717, 1.165) is 5.56 Å². The summed E-state index contributed by atoms with van der Waals surface area (Å²) in [5.74, 6) is -0.246. The van der Waals surface area contributed by atoms with Crippen molar-refractivity contribution in [3.05, 3.63) is 54.1 Å². The molecule has 1 aliphatic heterocycles. The van der Waals surface area contributed by atoms with Gasteiger partial charge in [0.1, 0.15) is 6.17 Å². The summed E-state index contributed by atoms with van der Waals surface area (Å²) in [6, 6.07) is 13.9. The summed E-state index contributed by atoms with van der Waals surface area (Å²) in [6.45, 7) is 7.22. The van der Waals surface area contributed by atoms with Crippen LogP contribution in [-0.4, -0.2) is 20.5 Å². The summed E-state index contributed by atoms with van der Waals surface area (Å²) >= 11 is 0. The van der Waals surface area contributed by atoms with Crippen LogP contribution in [0.1, 0.15) is 26.3 Å². The third kappa shape index (κ3) is 2.80. The zero-order chi connectivity index (χ0) is 18.4. The minimum atomic E-state index is -3.79. The smallest absolute Gasteiger partial charge is 0.266 e. The van der Waals surface area contributed by atoms with E-state index in [0.29, 0.717) is 11.4 Å². The number of aryl methyl sites for hydroxylation is 1. The molecule has 1 amide bonds. The summed E-state index contributed by atoms with van der Waals surface area (Å²) in [5, 5.41) is 0. The Bertz CT molecular complexity index is 905. The highest BCUT2D eigenvalue weighted by atomic mass is 32.2. The second-order valence-corrected chi connectivity index (χ2v) is 8.46. The maximum atomic E-state index is 13.4. The van der Waals surface area contributed by atoms with E-state index < -0.39 is 16.2 Å². The van der Waals surface area contributed by atoms with Crippen LogP contribution in [-0.2, 0) is 14.8 Å². The molecule has 0 spiro atoms. The van der Waals surface area contributed by atoms with Crippen molar-refractivity contribution in [2.24, 2.45) is 5.92 Å². The predicted octanol–water partition coefficient (Wildman–Crippen LogP) is 3.54. The molecule has 2 aromatic carbocycles. The van der Waals surface area contributed by atoms with Crippen LogP contribution < -0.4 is 9.21 Å². The normalized spacial score (nSPS) is 17.1. The van der Waals surface area contributed by atoms with Crippen molar-refractivity contribution in [2.75, 3.05) is 9.21 Å². The molecule has 0 radical (unpaired) electrons. The first-order valence-electron chi connectivity index (χ1n) is 8.25. The Morgan fingerprint density at radius 3 is 2.08 bits per heavy atom. The minimum absolute atomic E-state index is 0.0727. The first kappa shape index (κ1) is 17.5. The molecule has 0 saturated carbocycles. The molecule has 0 N–H and O–H groups in total. The van der Waals surface area contributed by atoms with Gasteiger partial charge in [0.25, 0.3) is 10.0 Å². The fourth-order valence-electron chi connectivity index (χ4n) is 3.26. The molecular weight excluding hydrogens is 336 g/mol. The number of amides is 1. The summed E-state index contributed by atoms with van der Waals surface area (Å²) in [4.78, 5) is 14.1. The van der Waals surface area contributed by atoms with Crippen LogP contribution in [0.2, 0.25) is 0 Å². The van der Waals surface area contributed by atoms with Gasteiger partial charge in [-0.1, -0.05) is 43.7 Å². The van der Waals surface area contributed by atoms with Crippen LogP contribution in [0.15, 0.2) is 53.4 Å². The van der Waals surface area contributed by atoms with Crippen LogP contribution >= 0.6 is 0 Å². The number of sulfonamides is 1. The van der Waals surface area contributed by atoms with Gasteiger partial charge in [0, 0.05) is 6.92 Å². The molecule has 0 fully saturated rings. The average Bonchev–Trinajstić information content (AvgIpc) is 2.91. The predicted molar refractivity (Wildman–Crippen MR) is 99.1 cm³/mol. The highest BCUT2D eigenvalue weighted by molar-refractivity contribution is 7.93. The standard InChI is InChI=1S/C19H22N2O3S/c1-13(2)19-20(15(4)22)17-7-5-6-8-18(17)21(19)25(23,24)16-11-9-14(3)10-12-16/h5-13,19H,1-4H3. The van der Waals surface area contributed by atoms with E-state index in [1.54, 1.807) is 47.4 Å². The highest BCUT2D eigenvalue weighted by Crippen LogP contribution is 2.44. The van der Waals surface area contributed by atoms with Crippen LogP contribution in [0, 0.1) is 12.8 Å². The summed E-state index contributed by atoms with van der Waals surface area (Å²) in [5.41, 5.74) is 2.16. The number of anilines is 2. The van der Waals surface area contributed by atoms with Gasteiger partial charge in [-0.3, -0.25) is 9.69 Å². The minimum Gasteiger partial charge on any atom is -0.288 e. The SMILES string of the molecule is CC(=O)N1c2ccccc2N(S(=O)(=O)c2ccc(C)cc2)C1C(C)C. The molecule has 2 aromatic rings. The summed E-state index contributed by atoms with van der Waals surface area (Å²) < 4.78 is 28.1. The maximum Gasteiger partial charge on any atom is 0.266 e. The molecule has 25 heavy (non-hydrogen) atoms. The molecule has 1 atom stereocenters. The van der Waals surface area contributed by atoms with Crippen molar-refractivity contribution in [3.8, 4) is 0 Å². The number of nitrogens with zero attached hydrogens (tertiary/aromatic N) is 2. The lowest BCUT2D eigenvalue weighted by atomic mass is 10.1. The number of hydrogen-bond donors (Lipinski definition) is 0. The van der Waals surface area contributed by atoms with Gasteiger partial charge in [-0.2, -0.15) is 0 Å². The molecule has 1 unspecified atom stereocenters. The van der Waals surface area contributed by atoms with Crippen LogP contribution in [0.3, 0.4) is 0 Å². The average molecular weight is 358 g/mol. The first-order valence-corrected chi connectivity index (χ1v) is 9.69. The van der Waals surface area contributed by atoms with E-state index in [1.807, 2.05) is 26.8 Å². The zero-order valence-corrected chi connectivity index (χ0v) is 15.6. The molecule has 0 saturated heterocycles. The second kappa shape index (κ2) is 6.19. The topological polar surface area (TPSA) is 57.7 Å². The molecule has 1 heterocycles. The molecular formula is C19H22N2O3S. The second-order valence-electron chi connectivity index (χ2n) is 6.65. The van der Waals surface area contributed by atoms with Crippen LogP contribution in [0.5, 0.6) is 0 Å². The van der Waals surface area contributed by atoms with Crippen LogP contribution in [0.25, 0.3) is 0 Å². The van der Waals surface area contributed by atoms with E-state index in [9.17, 15) is 13.2 Å². The van der Waals surface area contributed by atoms with Crippen molar-refractivity contribution < 1.29 is 13.2 Å². The Balaban J connectivity index is 2.22. The van der Waals surface area contributed by atoms with E-state index >= 15 is 0 Å². The zero-order valence-electron chi connectivity index (χ0n) is 14.8. The van der Waals surface area contributed by atoms with Crippen molar-refractivity contribution in [1.29, 1.82) is 0 Å². The lowest BCUT2D eigenvalue weighted by Gasteiger charge is -2.33. The van der Waals surface area contributed by atoms with Gasteiger partial charge in [0.15, 0.2) is 0 Å². The van der Waals surface area contributed by atoms with Crippen molar-refractivity contribution >= 4 is 27.3 Å². The molecule has 1 aliphatic rings. The van der Waals surface area contributed by atoms with Crippen LogP contribution in [0.4, 0.5) is 11.4 Å². The van der Waals surface area contributed by atoms with Gasteiger partial charge in [-0.15, -0.1) is 0 Å². The van der Waals surface area contributed by atoms with Gasteiger partial charge < -0.3 is 0 Å². The third-order valence-corrected chi connectivity index (χ3v) is 6.20. The van der Waals surface area contributed by atoms with E-state index in [-0.39, 0.29) is 16.7 Å². The Hall–Kier alpha value is -2.34. The fraction of sp³-hybridized carbons (Fsp3) is 0.316. The number of para-hydroxylation sites is 2. The number of benzene rings is 2. The largest absolute Gasteiger partial charge is 0.288 e. The Labute approximate surface area is 148 Å². The first-order chi connectivity index (χ1) is 11.7. The number of hydrogen-bond acceptors (Lipinski definition) is 3. The van der Waals surface area contributed by atoms with E-state index in [1.165, 1.54) is 11.2 Å². The number of carbonyl (C=O) groups is 1. The molecule has 0 aliphatic carbocycles. The van der Waals surface area contributed by atoms with Gasteiger partial charge >= 0.3 is 0 Å². The van der Waals surface area contributed by atoms with Gasteiger partial charge in [0.2, 0.25) is 5.91 Å². The molecule has 0 bridgehead atoms. The number of rotatable bonds is 3. The van der Waals surface area contributed by atoms with Gasteiger partial charge in [0.05, 0.1) is 16.3 Å². The monoisotopic (exact) mass is 358 g/mol. The molecule has 5 nitrogen and oxygen atoms in total. The van der Waals surface area contributed by atoms with Crippen molar-refractivity contribution in [3.63, 3.8) is 0 Å². The maximum absolute atomic E-state index is 13.4. The van der Waals surface area contributed by atoms with E-state index in [2.05, 4.69) is 0 Å².